The van der Waals surface area contributed by atoms with Gasteiger partial charge in [-0.15, -0.1) is 0 Å². The van der Waals surface area contributed by atoms with Crippen LogP contribution in [0.15, 0.2) is 237 Å². The molecule has 0 radical (unpaired) electrons. The molecule has 0 spiro atoms. The number of hydrogen-bond acceptors (Lipinski definition) is 2. The Balaban J connectivity index is 0.962. The minimum atomic E-state index is 0.702. The van der Waals surface area contributed by atoms with E-state index in [1.165, 1.54) is 71.2 Å². The standard InChI is InChI=1S/C62H39N3/c1-3-15-40(16-4-1)46-37-47(41-17-5-2-6-18-41)39-48(38-46)42-27-29-45(30-28-42)61-54-25-13-14-26-55(54)63-62(64-61)53-33-36-56(52-24-12-11-23-51(52)53)65-57-34-31-43-19-7-9-21-49(43)59(57)60-50-22-10-8-20-44(50)32-35-58(60)65/h1-39H. The minimum absolute atomic E-state index is 0.702. The van der Waals surface area contributed by atoms with E-state index in [4.69, 9.17) is 9.97 Å². The van der Waals surface area contributed by atoms with Crippen LogP contribution in [0, 0.1) is 0 Å². The van der Waals surface area contributed by atoms with Gasteiger partial charge in [-0.1, -0.05) is 188 Å². The number of aromatic nitrogens is 3. The number of hydrogen-bond donors (Lipinski definition) is 0. The first-order chi connectivity index (χ1) is 32.2. The van der Waals surface area contributed by atoms with Crippen molar-refractivity contribution in [2.45, 2.75) is 0 Å². The molecule has 0 aliphatic heterocycles. The van der Waals surface area contributed by atoms with Crippen molar-refractivity contribution in [2.24, 2.45) is 0 Å². The lowest BCUT2D eigenvalue weighted by molar-refractivity contribution is 1.19. The fourth-order valence-corrected chi connectivity index (χ4v) is 10.1. The highest BCUT2D eigenvalue weighted by molar-refractivity contribution is 6.29. The van der Waals surface area contributed by atoms with Gasteiger partial charge in [-0.3, -0.25) is 0 Å². The third kappa shape index (κ3) is 6.12. The van der Waals surface area contributed by atoms with Gasteiger partial charge in [0.25, 0.3) is 0 Å². The van der Waals surface area contributed by atoms with Gasteiger partial charge in [0.15, 0.2) is 5.82 Å². The van der Waals surface area contributed by atoms with E-state index in [-0.39, 0.29) is 0 Å². The molecule has 0 atom stereocenters. The van der Waals surface area contributed by atoms with Crippen LogP contribution in [-0.4, -0.2) is 14.5 Å². The van der Waals surface area contributed by atoms with Crippen molar-refractivity contribution in [1.29, 1.82) is 0 Å². The molecule has 0 saturated carbocycles. The second-order valence-electron chi connectivity index (χ2n) is 16.9. The van der Waals surface area contributed by atoms with Crippen molar-refractivity contribution in [1.82, 2.24) is 14.5 Å². The Morgan fingerprint density at radius 3 is 1.34 bits per heavy atom. The molecule has 13 aromatic rings. The van der Waals surface area contributed by atoms with Crippen LogP contribution in [-0.2, 0) is 0 Å². The molecule has 2 heterocycles. The fraction of sp³-hybridized carbons (Fsp3) is 0. The highest BCUT2D eigenvalue weighted by atomic mass is 15.0. The summed E-state index contributed by atoms with van der Waals surface area (Å²) < 4.78 is 2.46. The van der Waals surface area contributed by atoms with Crippen LogP contribution < -0.4 is 0 Å². The number of benzene rings is 11. The van der Waals surface area contributed by atoms with E-state index in [0.717, 1.165) is 49.7 Å². The van der Waals surface area contributed by atoms with E-state index >= 15 is 0 Å². The Bertz CT molecular complexity index is 3830. The molecule has 2 aromatic heterocycles. The predicted octanol–water partition coefficient (Wildman–Crippen LogP) is 16.5. The highest BCUT2D eigenvalue weighted by Crippen LogP contribution is 2.43. The van der Waals surface area contributed by atoms with Crippen LogP contribution in [0.3, 0.4) is 0 Å². The molecule has 0 bridgehead atoms. The van der Waals surface area contributed by atoms with Crippen LogP contribution in [0.1, 0.15) is 0 Å². The summed E-state index contributed by atoms with van der Waals surface area (Å²) in [5.74, 6) is 0.702. The molecule has 0 aliphatic rings. The molecule has 0 fully saturated rings. The van der Waals surface area contributed by atoms with Gasteiger partial charge < -0.3 is 4.57 Å². The maximum atomic E-state index is 5.44. The predicted molar refractivity (Wildman–Crippen MR) is 274 cm³/mol. The van der Waals surface area contributed by atoms with Gasteiger partial charge in [0.1, 0.15) is 0 Å². The van der Waals surface area contributed by atoms with E-state index in [9.17, 15) is 0 Å². The highest BCUT2D eigenvalue weighted by Gasteiger charge is 2.21. The van der Waals surface area contributed by atoms with Crippen LogP contribution >= 0.6 is 0 Å². The molecule has 0 amide bonds. The summed E-state index contributed by atoms with van der Waals surface area (Å²) in [7, 11) is 0. The van der Waals surface area contributed by atoms with Gasteiger partial charge in [-0.2, -0.15) is 0 Å². The van der Waals surface area contributed by atoms with E-state index in [1.54, 1.807) is 0 Å². The second kappa shape index (κ2) is 15.0. The Kier molecular flexibility index (Phi) is 8.53. The van der Waals surface area contributed by atoms with E-state index in [0.29, 0.717) is 5.82 Å². The molecule has 65 heavy (non-hydrogen) atoms. The molecule has 3 heteroatoms. The Hall–Kier alpha value is -8.66. The zero-order valence-corrected chi connectivity index (χ0v) is 35.4. The first-order valence-electron chi connectivity index (χ1n) is 22.2. The first-order valence-corrected chi connectivity index (χ1v) is 22.2. The summed E-state index contributed by atoms with van der Waals surface area (Å²) in [6, 6.07) is 85.2. The molecule has 0 aliphatic carbocycles. The molecule has 0 unspecified atom stereocenters. The lowest BCUT2D eigenvalue weighted by atomic mass is 9.93. The normalized spacial score (nSPS) is 11.7. The van der Waals surface area contributed by atoms with Crippen molar-refractivity contribution in [3.8, 4) is 61.7 Å². The minimum Gasteiger partial charge on any atom is -0.309 e. The molecule has 3 nitrogen and oxygen atoms in total. The molecular weight excluding hydrogens is 787 g/mol. The topological polar surface area (TPSA) is 30.7 Å². The number of rotatable bonds is 6. The van der Waals surface area contributed by atoms with Crippen LogP contribution in [0.2, 0.25) is 0 Å². The van der Waals surface area contributed by atoms with Crippen molar-refractivity contribution >= 4 is 65.0 Å². The van der Waals surface area contributed by atoms with Gasteiger partial charge in [-0.05, 0) is 109 Å². The van der Waals surface area contributed by atoms with Crippen LogP contribution in [0.25, 0.3) is 127 Å². The van der Waals surface area contributed by atoms with E-state index in [2.05, 4.69) is 241 Å². The lowest BCUT2D eigenvalue weighted by Crippen LogP contribution is -1.99. The molecular formula is C62H39N3. The largest absolute Gasteiger partial charge is 0.309 e. The van der Waals surface area contributed by atoms with Crippen molar-refractivity contribution in [2.75, 3.05) is 0 Å². The summed E-state index contributed by atoms with van der Waals surface area (Å²) in [5, 5.41) is 10.8. The number of para-hydroxylation sites is 1. The average molecular weight is 826 g/mol. The molecule has 302 valence electrons. The average Bonchev–Trinajstić information content (AvgIpc) is 3.73. The summed E-state index contributed by atoms with van der Waals surface area (Å²) >= 11 is 0. The third-order valence-corrected chi connectivity index (χ3v) is 13.2. The zero-order valence-electron chi connectivity index (χ0n) is 35.4. The number of nitrogens with zero attached hydrogens (tertiary/aromatic N) is 3. The van der Waals surface area contributed by atoms with Crippen LogP contribution in [0.5, 0.6) is 0 Å². The Morgan fingerprint density at radius 2 is 0.754 bits per heavy atom. The fourth-order valence-electron chi connectivity index (χ4n) is 10.1. The summed E-state index contributed by atoms with van der Waals surface area (Å²) in [6.45, 7) is 0. The quantitative estimate of drug-likeness (QED) is 0.167. The van der Waals surface area contributed by atoms with Gasteiger partial charge in [-0.25, -0.2) is 9.97 Å². The van der Waals surface area contributed by atoms with Crippen molar-refractivity contribution in [3.05, 3.63) is 237 Å². The lowest BCUT2D eigenvalue weighted by Gasteiger charge is -2.16. The Morgan fingerprint density at radius 1 is 0.292 bits per heavy atom. The van der Waals surface area contributed by atoms with E-state index < -0.39 is 0 Å². The smallest absolute Gasteiger partial charge is 0.161 e. The van der Waals surface area contributed by atoms with Gasteiger partial charge in [0, 0.05) is 32.7 Å². The van der Waals surface area contributed by atoms with Crippen LogP contribution in [0.4, 0.5) is 0 Å². The van der Waals surface area contributed by atoms with Crippen molar-refractivity contribution < 1.29 is 0 Å². The van der Waals surface area contributed by atoms with Gasteiger partial charge in [0.2, 0.25) is 0 Å². The SMILES string of the molecule is c1ccc(-c2cc(-c3ccccc3)cc(-c3ccc(-c4nc(-c5ccc(-n6c7ccc8ccccc8c7c7c8ccccc8ccc76)c6ccccc56)nc5ccccc45)cc3)c2)cc1. The second-order valence-corrected chi connectivity index (χ2v) is 16.9. The molecule has 0 N–H and O–H groups in total. The maximum absolute atomic E-state index is 5.44. The monoisotopic (exact) mass is 825 g/mol. The van der Waals surface area contributed by atoms with E-state index in [1.807, 2.05) is 0 Å². The Labute approximate surface area is 376 Å². The molecule has 11 aromatic carbocycles. The first kappa shape index (κ1) is 36.9. The zero-order chi connectivity index (χ0) is 42.8. The van der Waals surface area contributed by atoms with Crippen molar-refractivity contribution in [3.63, 3.8) is 0 Å². The summed E-state index contributed by atoms with van der Waals surface area (Å²) in [5.41, 5.74) is 14.4. The summed E-state index contributed by atoms with van der Waals surface area (Å²) in [6.07, 6.45) is 0. The number of fused-ring (bicyclic) bond motifs is 9. The summed E-state index contributed by atoms with van der Waals surface area (Å²) in [4.78, 5) is 10.7. The molecule has 0 saturated heterocycles. The van der Waals surface area contributed by atoms with Gasteiger partial charge in [0.05, 0.1) is 27.9 Å². The maximum Gasteiger partial charge on any atom is 0.161 e. The molecule has 13 rings (SSSR count). The van der Waals surface area contributed by atoms with Gasteiger partial charge >= 0.3 is 0 Å². The third-order valence-electron chi connectivity index (χ3n) is 13.2.